The van der Waals surface area contributed by atoms with E-state index in [9.17, 15) is 14.0 Å². The fourth-order valence-corrected chi connectivity index (χ4v) is 7.37. The summed E-state index contributed by atoms with van der Waals surface area (Å²) in [6.07, 6.45) is 2.93. The third-order valence-corrected chi connectivity index (χ3v) is 10.7. The van der Waals surface area contributed by atoms with Crippen LogP contribution in [-0.4, -0.2) is 35.1 Å². The van der Waals surface area contributed by atoms with Crippen molar-refractivity contribution in [3.63, 3.8) is 0 Å². The highest BCUT2D eigenvalue weighted by Gasteiger charge is 2.54. The summed E-state index contributed by atoms with van der Waals surface area (Å²) in [7, 11) is -1.71. The van der Waals surface area contributed by atoms with Crippen LogP contribution in [0.1, 0.15) is 44.4 Å². The van der Waals surface area contributed by atoms with E-state index in [4.69, 9.17) is 0 Å². The number of carbonyl (C=O) groups excluding carboxylic acids is 2. The molecule has 3 amide bonds. The number of hydrogen-bond donors (Lipinski definition) is 3. The molecule has 0 spiro atoms. The minimum atomic E-state index is -1.71. The lowest BCUT2D eigenvalue weighted by molar-refractivity contribution is -0.121. The van der Waals surface area contributed by atoms with Crippen molar-refractivity contribution in [3.8, 4) is 0 Å². The van der Waals surface area contributed by atoms with Crippen LogP contribution in [0.2, 0.25) is 24.7 Å². The number of benzene rings is 1. The monoisotopic (exact) mass is 443 g/mol. The first-order valence-corrected chi connectivity index (χ1v) is 14.2. The number of nitrogens with zero attached hydrogens (tertiary/aromatic N) is 2. The van der Waals surface area contributed by atoms with Gasteiger partial charge in [-0.15, -0.1) is 0 Å². The number of H-pyrrole nitrogens is 1. The van der Waals surface area contributed by atoms with Gasteiger partial charge in [0.2, 0.25) is 5.91 Å². The minimum absolute atomic E-state index is 0.0488. The Morgan fingerprint density at radius 2 is 1.90 bits per heavy atom. The quantitative estimate of drug-likeness (QED) is 0.579. The molecule has 2 aliphatic rings. The van der Waals surface area contributed by atoms with Crippen LogP contribution >= 0.6 is 0 Å². The molecule has 7 nitrogen and oxygen atoms in total. The molecule has 1 aromatic heterocycles. The number of hydrogen-bond acceptors (Lipinski definition) is 3. The second-order valence-electron chi connectivity index (χ2n) is 10.2. The number of fused-ring (bicyclic) bond motifs is 1. The molecule has 1 aromatic carbocycles. The van der Waals surface area contributed by atoms with Crippen LogP contribution in [0.5, 0.6) is 0 Å². The number of carbonyl (C=O) groups is 2. The summed E-state index contributed by atoms with van der Waals surface area (Å²) < 4.78 is 13.5. The average Bonchev–Trinajstić information content (AvgIpc) is 3.11. The van der Waals surface area contributed by atoms with E-state index in [1.807, 2.05) is 13.8 Å². The van der Waals surface area contributed by atoms with E-state index < -0.39 is 19.4 Å². The maximum atomic E-state index is 13.5. The smallest absolute Gasteiger partial charge is 0.309 e. The van der Waals surface area contributed by atoms with E-state index >= 15 is 0 Å². The zero-order valence-electron chi connectivity index (χ0n) is 18.7. The van der Waals surface area contributed by atoms with E-state index in [1.165, 1.54) is 12.1 Å². The Labute approximate surface area is 182 Å². The van der Waals surface area contributed by atoms with Gasteiger partial charge in [-0.3, -0.25) is 9.89 Å². The third kappa shape index (κ3) is 3.44. The molecule has 1 saturated carbocycles. The number of aromatic nitrogens is 2. The lowest BCUT2D eigenvalue weighted by atomic mass is 9.83. The Balaban J connectivity index is 1.54. The molecule has 0 atom stereocenters. The number of halogens is 1. The Bertz CT molecular complexity index is 1040. The number of amides is 3. The Morgan fingerprint density at radius 3 is 2.48 bits per heavy atom. The first-order valence-electron chi connectivity index (χ1n) is 10.7. The molecular weight excluding hydrogens is 413 g/mol. The minimum Gasteiger partial charge on any atom is -0.309 e. The van der Waals surface area contributed by atoms with Crippen LogP contribution < -0.4 is 10.6 Å². The molecule has 166 valence electrons. The van der Waals surface area contributed by atoms with E-state index in [-0.39, 0.29) is 17.0 Å². The standard InChI is InChI=1S/C22H30FN5O2Si/c1-21(2)17-16(13-28(21)20(30)24-15-9-6-8-14(23)12-15)18(27-26-17)25-19(29)22(10-7-11-22)31(3,4)5/h6,8-9,12H,7,10-11,13H2,1-5H3,(H,24,30)(H2,25,26,27,29). The van der Waals surface area contributed by atoms with Crippen LogP contribution in [0.15, 0.2) is 24.3 Å². The van der Waals surface area contributed by atoms with Crippen LogP contribution in [0.3, 0.4) is 0 Å². The zero-order valence-corrected chi connectivity index (χ0v) is 19.7. The number of urea groups is 1. The molecule has 3 N–H and O–H groups in total. The number of rotatable bonds is 4. The molecule has 31 heavy (non-hydrogen) atoms. The van der Waals surface area contributed by atoms with E-state index in [0.717, 1.165) is 30.5 Å². The fourth-order valence-electron chi connectivity index (χ4n) is 4.78. The maximum Gasteiger partial charge on any atom is 0.322 e. The third-order valence-electron chi connectivity index (χ3n) is 7.10. The largest absolute Gasteiger partial charge is 0.322 e. The maximum absolute atomic E-state index is 13.5. The van der Waals surface area contributed by atoms with Gasteiger partial charge in [0, 0.05) is 16.3 Å². The zero-order chi connectivity index (χ0) is 22.6. The second kappa shape index (κ2) is 7.18. The molecule has 4 rings (SSSR count). The van der Waals surface area contributed by atoms with Crippen LogP contribution in [0.25, 0.3) is 0 Å². The summed E-state index contributed by atoms with van der Waals surface area (Å²) in [6.45, 7) is 10.9. The van der Waals surface area contributed by atoms with Gasteiger partial charge in [-0.25, -0.2) is 9.18 Å². The van der Waals surface area contributed by atoms with Crippen molar-refractivity contribution < 1.29 is 14.0 Å². The van der Waals surface area contributed by atoms with Crippen molar-refractivity contribution in [3.05, 3.63) is 41.3 Å². The van der Waals surface area contributed by atoms with Gasteiger partial charge in [-0.05, 0) is 44.9 Å². The van der Waals surface area contributed by atoms with Gasteiger partial charge in [0.1, 0.15) is 5.82 Å². The molecule has 2 heterocycles. The summed E-state index contributed by atoms with van der Waals surface area (Å²) in [6, 6.07) is 5.47. The molecule has 0 unspecified atom stereocenters. The van der Waals surface area contributed by atoms with Gasteiger partial charge in [0.25, 0.3) is 0 Å². The van der Waals surface area contributed by atoms with Crippen LogP contribution in [0, 0.1) is 5.82 Å². The van der Waals surface area contributed by atoms with Gasteiger partial charge in [0.05, 0.1) is 25.9 Å². The van der Waals surface area contributed by atoms with Crippen LogP contribution in [0.4, 0.5) is 20.7 Å². The first-order chi connectivity index (χ1) is 14.5. The van der Waals surface area contributed by atoms with Gasteiger partial charge in [-0.2, -0.15) is 5.10 Å². The normalized spacial score (nSPS) is 18.8. The predicted octanol–water partition coefficient (Wildman–Crippen LogP) is 5.03. The molecule has 1 aliphatic carbocycles. The van der Waals surface area contributed by atoms with Crippen molar-refractivity contribution in [2.75, 3.05) is 10.6 Å². The van der Waals surface area contributed by atoms with Crippen molar-refractivity contribution in [1.29, 1.82) is 0 Å². The highest BCUT2D eigenvalue weighted by atomic mass is 28.3. The van der Waals surface area contributed by atoms with Crippen molar-refractivity contribution >= 4 is 31.5 Å². The molecule has 0 bridgehead atoms. The Morgan fingerprint density at radius 1 is 1.19 bits per heavy atom. The summed E-state index contributed by atoms with van der Waals surface area (Å²) in [5.74, 6) is 0.136. The number of aromatic amines is 1. The van der Waals surface area contributed by atoms with Crippen molar-refractivity contribution in [1.82, 2.24) is 15.1 Å². The topological polar surface area (TPSA) is 90.1 Å². The molecular formula is C22H30FN5O2Si. The Kier molecular flexibility index (Phi) is 4.99. The predicted molar refractivity (Wildman–Crippen MR) is 121 cm³/mol. The van der Waals surface area contributed by atoms with E-state index in [2.05, 4.69) is 40.5 Å². The van der Waals surface area contributed by atoms with Crippen LogP contribution in [-0.2, 0) is 16.9 Å². The summed E-state index contributed by atoms with van der Waals surface area (Å²) in [5.41, 5.74) is 1.35. The molecule has 2 aromatic rings. The molecule has 1 fully saturated rings. The SMILES string of the molecule is CC1(C)c2[nH]nc(NC(=O)C3([Si](C)(C)C)CCC3)c2CN1C(=O)Nc1cccc(F)c1. The molecule has 0 saturated heterocycles. The van der Waals surface area contributed by atoms with Crippen molar-refractivity contribution in [2.24, 2.45) is 0 Å². The van der Waals surface area contributed by atoms with E-state index in [1.54, 1.807) is 17.0 Å². The Hall–Kier alpha value is -2.68. The second-order valence-corrected chi connectivity index (χ2v) is 15.6. The summed E-state index contributed by atoms with van der Waals surface area (Å²) in [5, 5.41) is 13.0. The lowest BCUT2D eigenvalue weighted by Crippen LogP contribution is -2.52. The highest BCUT2D eigenvalue weighted by molar-refractivity contribution is 6.83. The van der Waals surface area contributed by atoms with Gasteiger partial charge >= 0.3 is 6.03 Å². The highest BCUT2D eigenvalue weighted by Crippen LogP contribution is 2.56. The van der Waals surface area contributed by atoms with Gasteiger partial charge < -0.3 is 15.5 Å². The lowest BCUT2D eigenvalue weighted by Gasteiger charge is -2.48. The fraction of sp³-hybridized carbons (Fsp3) is 0.500. The van der Waals surface area contributed by atoms with Gasteiger partial charge in [0.15, 0.2) is 5.82 Å². The first kappa shape index (κ1) is 21.5. The average molecular weight is 444 g/mol. The van der Waals surface area contributed by atoms with E-state index in [0.29, 0.717) is 18.1 Å². The number of nitrogens with one attached hydrogen (secondary N) is 3. The number of anilines is 2. The molecule has 9 heteroatoms. The molecule has 0 radical (unpaired) electrons. The van der Waals surface area contributed by atoms with Gasteiger partial charge in [-0.1, -0.05) is 32.1 Å². The summed E-state index contributed by atoms with van der Waals surface area (Å²) in [4.78, 5) is 27.9. The summed E-state index contributed by atoms with van der Waals surface area (Å²) >= 11 is 0. The molecule has 1 aliphatic heterocycles. The van der Waals surface area contributed by atoms with Crippen molar-refractivity contribution in [2.45, 2.75) is 69.9 Å².